The van der Waals surface area contributed by atoms with Gasteiger partial charge >= 0.3 is 5.97 Å². The zero-order chi connectivity index (χ0) is 17.5. The van der Waals surface area contributed by atoms with Gasteiger partial charge in [-0.05, 0) is 69.1 Å². The molecule has 24 heavy (non-hydrogen) atoms. The first-order valence-corrected chi connectivity index (χ1v) is 9.71. The highest BCUT2D eigenvalue weighted by atomic mass is 16.4. The lowest BCUT2D eigenvalue weighted by atomic mass is 9.40. The first-order valence-electron chi connectivity index (χ1n) is 9.71. The molecule has 0 unspecified atom stereocenters. The molecule has 2 bridgehead atoms. The largest absolute Gasteiger partial charge is 0.481 e. The number of carboxylic acids is 1. The quantitative estimate of drug-likeness (QED) is 0.687. The molecule has 0 aromatic carbocycles. The summed E-state index contributed by atoms with van der Waals surface area (Å²) in [7, 11) is 0. The van der Waals surface area contributed by atoms with Gasteiger partial charge in [-0.15, -0.1) is 0 Å². The van der Waals surface area contributed by atoms with Gasteiger partial charge in [-0.25, -0.2) is 0 Å². The Morgan fingerprint density at radius 2 is 1.58 bits per heavy atom. The molecule has 1 spiro atoms. The fourth-order valence-corrected chi connectivity index (χ4v) is 7.97. The lowest BCUT2D eigenvalue weighted by Gasteiger charge is -2.65. The molecule has 4 rings (SSSR count). The van der Waals surface area contributed by atoms with Crippen molar-refractivity contribution >= 4 is 5.97 Å². The Bertz CT molecular complexity index is 576. The fraction of sp³-hybridized carbons (Fsp3) is 0.950. The summed E-state index contributed by atoms with van der Waals surface area (Å²) in [4.78, 5) is 12.1. The zero-order valence-corrected chi connectivity index (χ0v) is 15.2. The minimum absolute atomic E-state index is 0.0317. The van der Waals surface area contributed by atoms with Gasteiger partial charge in [-0.2, -0.15) is 0 Å². The molecule has 4 aliphatic carbocycles. The van der Waals surface area contributed by atoms with Gasteiger partial charge in [0.15, 0.2) is 0 Å². The Kier molecular flexibility index (Phi) is 3.34. The third-order valence-corrected chi connectivity index (χ3v) is 9.33. The molecule has 0 aromatic rings. The van der Waals surface area contributed by atoms with Crippen LogP contribution in [0.2, 0.25) is 0 Å². The highest BCUT2D eigenvalue weighted by molar-refractivity contribution is 5.75. The Balaban J connectivity index is 1.78. The Hall–Kier alpha value is -0.610. The van der Waals surface area contributed by atoms with Gasteiger partial charge in [0, 0.05) is 10.8 Å². The van der Waals surface area contributed by atoms with Crippen LogP contribution in [0.5, 0.6) is 0 Å². The van der Waals surface area contributed by atoms with Crippen molar-refractivity contribution < 1.29 is 20.1 Å². The van der Waals surface area contributed by atoms with Crippen LogP contribution in [0.25, 0.3) is 0 Å². The topological polar surface area (TPSA) is 77.8 Å². The predicted octanol–water partition coefficient (Wildman–Crippen LogP) is 3.21. The van der Waals surface area contributed by atoms with Crippen LogP contribution in [0.1, 0.15) is 72.1 Å². The van der Waals surface area contributed by atoms with Gasteiger partial charge in [0.05, 0.1) is 17.6 Å². The number of fused-ring (bicyclic) bond motifs is 3. The van der Waals surface area contributed by atoms with E-state index < -0.39 is 23.6 Å². The second-order valence-corrected chi connectivity index (χ2v) is 10.1. The molecule has 136 valence electrons. The molecular weight excluding hydrogens is 304 g/mol. The molecule has 4 saturated carbocycles. The van der Waals surface area contributed by atoms with E-state index in [0.29, 0.717) is 12.3 Å². The van der Waals surface area contributed by atoms with E-state index in [4.69, 9.17) is 0 Å². The third kappa shape index (κ3) is 1.70. The van der Waals surface area contributed by atoms with Crippen molar-refractivity contribution in [3.05, 3.63) is 0 Å². The Morgan fingerprint density at radius 1 is 0.917 bits per heavy atom. The van der Waals surface area contributed by atoms with Crippen LogP contribution in [0, 0.1) is 33.5 Å². The highest BCUT2D eigenvalue weighted by Crippen LogP contribution is 2.73. The van der Waals surface area contributed by atoms with E-state index in [0.717, 1.165) is 44.9 Å². The Labute approximate surface area is 144 Å². The standard InChI is InChI=1S/C20H32O4/c1-17-7-4-8-18(2,16(23)24)12(17)6-10-20-11-14(21)19(3,15(20)22)9-5-13(17)20/h12-15,21-22H,4-11H2,1-3H3,(H,23,24)/t12-,13-,14+,15-,17+,18+,19+,20+/m0/s1. The summed E-state index contributed by atoms with van der Waals surface area (Å²) in [5, 5.41) is 31.8. The van der Waals surface area contributed by atoms with E-state index in [9.17, 15) is 20.1 Å². The summed E-state index contributed by atoms with van der Waals surface area (Å²) in [6.07, 6.45) is 6.23. The van der Waals surface area contributed by atoms with Gasteiger partial charge < -0.3 is 15.3 Å². The van der Waals surface area contributed by atoms with Crippen LogP contribution < -0.4 is 0 Å². The number of aliphatic hydroxyl groups excluding tert-OH is 2. The maximum Gasteiger partial charge on any atom is 0.309 e. The smallest absolute Gasteiger partial charge is 0.309 e. The van der Waals surface area contributed by atoms with Crippen LogP contribution >= 0.6 is 0 Å². The van der Waals surface area contributed by atoms with E-state index in [1.807, 2.05) is 13.8 Å². The van der Waals surface area contributed by atoms with E-state index >= 15 is 0 Å². The molecule has 0 radical (unpaired) electrons. The molecule has 0 amide bonds. The van der Waals surface area contributed by atoms with Crippen molar-refractivity contribution in [3.63, 3.8) is 0 Å². The normalized spacial score (nSPS) is 59.5. The van der Waals surface area contributed by atoms with Gasteiger partial charge in [-0.3, -0.25) is 4.79 Å². The second-order valence-electron chi connectivity index (χ2n) is 10.1. The molecule has 0 saturated heterocycles. The predicted molar refractivity (Wildman–Crippen MR) is 90.3 cm³/mol. The number of aliphatic hydroxyl groups is 2. The minimum atomic E-state index is -0.651. The van der Waals surface area contributed by atoms with Crippen LogP contribution in [0.4, 0.5) is 0 Å². The lowest BCUT2D eigenvalue weighted by molar-refractivity contribution is -0.206. The lowest BCUT2D eigenvalue weighted by Crippen LogP contribution is -2.62. The van der Waals surface area contributed by atoms with Crippen molar-refractivity contribution in [2.75, 3.05) is 0 Å². The number of aliphatic carboxylic acids is 1. The van der Waals surface area contributed by atoms with Gasteiger partial charge in [0.2, 0.25) is 0 Å². The van der Waals surface area contributed by atoms with E-state index in [2.05, 4.69) is 6.92 Å². The number of rotatable bonds is 1. The minimum Gasteiger partial charge on any atom is -0.481 e. The number of carboxylic acid groups (broad SMARTS) is 1. The number of hydrogen-bond acceptors (Lipinski definition) is 3. The van der Waals surface area contributed by atoms with Crippen LogP contribution in [-0.2, 0) is 4.79 Å². The molecule has 4 aliphatic rings. The first-order chi connectivity index (χ1) is 11.1. The molecule has 0 aliphatic heterocycles. The monoisotopic (exact) mass is 336 g/mol. The van der Waals surface area contributed by atoms with E-state index in [1.165, 1.54) is 0 Å². The average Bonchev–Trinajstić information content (AvgIpc) is 2.62. The maximum atomic E-state index is 12.1. The molecule has 0 aromatic heterocycles. The summed E-state index contributed by atoms with van der Waals surface area (Å²) < 4.78 is 0. The highest BCUT2D eigenvalue weighted by Gasteiger charge is 2.71. The Morgan fingerprint density at radius 3 is 2.25 bits per heavy atom. The third-order valence-electron chi connectivity index (χ3n) is 9.33. The molecule has 4 nitrogen and oxygen atoms in total. The van der Waals surface area contributed by atoms with Crippen LogP contribution in [0.15, 0.2) is 0 Å². The summed E-state index contributed by atoms with van der Waals surface area (Å²) in [6, 6.07) is 0. The van der Waals surface area contributed by atoms with Crippen molar-refractivity contribution in [1.82, 2.24) is 0 Å². The molecule has 0 heterocycles. The van der Waals surface area contributed by atoms with Crippen molar-refractivity contribution in [2.45, 2.75) is 84.3 Å². The van der Waals surface area contributed by atoms with Gasteiger partial charge in [0.1, 0.15) is 0 Å². The molecule has 3 N–H and O–H groups in total. The molecule has 4 fully saturated rings. The molecule has 8 atom stereocenters. The van der Waals surface area contributed by atoms with E-state index in [1.54, 1.807) is 0 Å². The van der Waals surface area contributed by atoms with Gasteiger partial charge in [-0.1, -0.05) is 20.3 Å². The number of hydrogen-bond donors (Lipinski definition) is 3. The summed E-state index contributed by atoms with van der Waals surface area (Å²) >= 11 is 0. The summed E-state index contributed by atoms with van der Waals surface area (Å²) in [5.41, 5.74) is -1.24. The first kappa shape index (κ1) is 16.8. The zero-order valence-electron chi connectivity index (χ0n) is 15.2. The van der Waals surface area contributed by atoms with Crippen LogP contribution in [0.3, 0.4) is 0 Å². The van der Waals surface area contributed by atoms with Crippen LogP contribution in [-0.4, -0.2) is 33.5 Å². The van der Waals surface area contributed by atoms with Crippen molar-refractivity contribution in [1.29, 1.82) is 0 Å². The molecular formula is C20H32O4. The SMILES string of the molecule is C[C@@]12CCC[C@@](C)(C(=O)O)[C@H]1CC[C@@]13C[C@@H](O)[C@@](C)(CC[C@@H]21)[C@@H]3O. The maximum absolute atomic E-state index is 12.1. The van der Waals surface area contributed by atoms with Crippen molar-refractivity contribution in [3.8, 4) is 0 Å². The van der Waals surface area contributed by atoms with E-state index in [-0.39, 0.29) is 22.2 Å². The average molecular weight is 336 g/mol. The molecule has 4 heteroatoms. The van der Waals surface area contributed by atoms with Gasteiger partial charge in [0.25, 0.3) is 0 Å². The summed E-state index contributed by atoms with van der Waals surface area (Å²) in [6.45, 7) is 6.29. The van der Waals surface area contributed by atoms with Crippen molar-refractivity contribution in [2.24, 2.45) is 33.5 Å². The summed E-state index contributed by atoms with van der Waals surface area (Å²) in [5.74, 6) is -0.133. The fourth-order valence-electron chi connectivity index (χ4n) is 7.97. The number of carbonyl (C=O) groups is 1. The second kappa shape index (κ2) is 4.76.